The number of rotatable bonds is 5. The number of hydrogen-bond donors (Lipinski definition) is 2. The largest absolute Gasteiger partial charge is 0.368 e. The van der Waals surface area contributed by atoms with Crippen LogP contribution in [0.4, 0.5) is 15.9 Å². The van der Waals surface area contributed by atoms with Crippen LogP contribution in [0.25, 0.3) is 0 Å². The van der Waals surface area contributed by atoms with Crippen molar-refractivity contribution >= 4 is 33.3 Å². The first-order chi connectivity index (χ1) is 10.1. The molecule has 4 nitrogen and oxygen atoms in total. The van der Waals surface area contributed by atoms with Crippen molar-refractivity contribution in [1.82, 2.24) is 4.98 Å². The number of benzene rings is 1. The number of aromatic nitrogens is 1. The molecule has 110 valence electrons. The normalized spacial score (nSPS) is 10.2. The molecule has 0 saturated heterocycles. The number of nitrogens with zero attached hydrogens (tertiary/aromatic N) is 1. The molecule has 2 aromatic rings. The van der Waals surface area contributed by atoms with Gasteiger partial charge in [-0.25, -0.2) is 9.37 Å². The molecule has 0 aliphatic rings. The fourth-order valence-corrected chi connectivity index (χ4v) is 2.12. The van der Waals surface area contributed by atoms with Crippen LogP contribution < -0.4 is 10.6 Å². The monoisotopic (exact) mass is 351 g/mol. The van der Waals surface area contributed by atoms with Crippen molar-refractivity contribution in [3.63, 3.8) is 0 Å². The zero-order valence-corrected chi connectivity index (χ0v) is 13.1. The summed E-state index contributed by atoms with van der Waals surface area (Å²) in [5, 5.41) is 5.53. The van der Waals surface area contributed by atoms with Crippen molar-refractivity contribution in [1.29, 1.82) is 0 Å². The number of anilines is 2. The molecule has 0 atom stereocenters. The van der Waals surface area contributed by atoms with E-state index in [0.717, 1.165) is 10.9 Å². The minimum atomic E-state index is -0.643. The van der Waals surface area contributed by atoms with Gasteiger partial charge in [0.1, 0.15) is 0 Å². The summed E-state index contributed by atoms with van der Waals surface area (Å²) in [7, 11) is 0. The minimum absolute atomic E-state index is 0.0423. The lowest BCUT2D eigenvalue weighted by molar-refractivity contribution is 0.102. The van der Waals surface area contributed by atoms with Crippen molar-refractivity contribution in [2.75, 3.05) is 17.2 Å². The molecule has 2 rings (SSSR count). The quantitative estimate of drug-likeness (QED) is 0.853. The van der Waals surface area contributed by atoms with Crippen LogP contribution in [0.1, 0.15) is 23.7 Å². The molecule has 0 aliphatic heterocycles. The van der Waals surface area contributed by atoms with Gasteiger partial charge in [0.05, 0.1) is 11.3 Å². The maximum absolute atomic E-state index is 14.3. The summed E-state index contributed by atoms with van der Waals surface area (Å²) >= 11 is 3.33. The van der Waals surface area contributed by atoms with E-state index in [1.807, 2.05) is 13.0 Å². The van der Waals surface area contributed by atoms with Gasteiger partial charge in [-0.15, -0.1) is 0 Å². The van der Waals surface area contributed by atoms with E-state index in [2.05, 4.69) is 31.5 Å². The molecule has 2 N–H and O–H groups in total. The van der Waals surface area contributed by atoms with Crippen LogP contribution in [0.15, 0.2) is 41.0 Å². The summed E-state index contributed by atoms with van der Waals surface area (Å²) in [5.41, 5.74) is 0.543. The van der Waals surface area contributed by atoms with E-state index < -0.39 is 11.7 Å². The number of carbonyl (C=O) groups excluding carboxylic acids is 1. The molecule has 6 heteroatoms. The van der Waals surface area contributed by atoms with Gasteiger partial charge in [0.25, 0.3) is 5.91 Å². The average molecular weight is 352 g/mol. The summed E-state index contributed by atoms with van der Waals surface area (Å²) < 4.78 is 15.0. The maximum atomic E-state index is 14.3. The first-order valence-corrected chi connectivity index (χ1v) is 7.37. The predicted molar refractivity (Wildman–Crippen MR) is 85.1 cm³/mol. The number of halogens is 2. The van der Waals surface area contributed by atoms with E-state index in [9.17, 15) is 9.18 Å². The Morgan fingerprint density at radius 2 is 2.10 bits per heavy atom. The Hall–Kier alpha value is -1.95. The third-order valence-corrected chi connectivity index (χ3v) is 3.49. The SMILES string of the molecule is CCCNc1nccc(C(=O)Nc2ccccc2Br)c1F. The Balaban J connectivity index is 2.21. The molecule has 1 aromatic heterocycles. The Labute approximate surface area is 130 Å². The number of hydrogen-bond acceptors (Lipinski definition) is 3. The molecular formula is C15H15BrFN3O. The fourth-order valence-electron chi connectivity index (χ4n) is 1.74. The highest BCUT2D eigenvalue weighted by molar-refractivity contribution is 9.10. The zero-order valence-electron chi connectivity index (χ0n) is 11.5. The Kier molecular flexibility index (Phi) is 5.27. The Morgan fingerprint density at radius 1 is 1.33 bits per heavy atom. The van der Waals surface area contributed by atoms with Crippen molar-refractivity contribution in [3.05, 3.63) is 52.4 Å². The number of pyridine rings is 1. The van der Waals surface area contributed by atoms with Gasteiger partial charge in [0.2, 0.25) is 0 Å². The summed E-state index contributed by atoms with van der Waals surface area (Å²) in [6.45, 7) is 2.56. The predicted octanol–water partition coefficient (Wildman–Crippen LogP) is 4.06. The van der Waals surface area contributed by atoms with Gasteiger partial charge >= 0.3 is 0 Å². The topological polar surface area (TPSA) is 54.0 Å². The van der Waals surface area contributed by atoms with Crippen molar-refractivity contribution < 1.29 is 9.18 Å². The van der Waals surface area contributed by atoms with E-state index in [-0.39, 0.29) is 11.4 Å². The summed E-state index contributed by atoms with van der Waals surface area (Å²) in [6.07, 6.45) is 2.25. The van der Waals surface area contributed by atoms with Crippen LogP contribution >= 0.6 is 15.9 Å². The number of para-hydroxylation sites is 1. The van der Waals surface area contributed by atoms with Gasteiger partial charge in [0.15, 0.2) is 11.6 Å². The van der Waals surface area contributed by atoms with E-state index in [1.165, 1.54) is 12.3 Å². The molecule has 0 spiro atoms. The van der Waals surface area contributed by atoms with Gasteiger partial charge in [0, 0.05) is 17.2 Å². The molecular weight excluding hydrogens is 337 g/mol. The lowest BCUT2D eigenvalue weighted by atomic mass is 10.2. The second-order valence-electron chi connectivity index (χ2n) is 4.38. The zero-order chi connectivity index (χ0) is 15.2. The van der Waals surface area contributed by atoms with Crippen molar-refractivity contribution in [3.8, 4) is 0 Å². The van der Waals surface area contributed by atoms with Gasteiger partial charge in [-0.1, -0.05) is 19.1 Å². The van der Waals surface area contributed by atoms with Gasteiger partial charge < -0.3 is 10.6 Å². The van der Waals surface area contributed by atoms with Crippen LogP contribution in [-0.2, 0) is 0 Å². The summed E-state index contributed by atoms with van der Waals surface area (Å²) in [6, 6.07) is 8.51. The highest BCUT2D eigenvalue weighted by Gasteiger charge is 2.16. The lowest BCUT2D eigenvalue weighted by Gasteiger charge is -2.10. The Bertz CT molecular complexity index is 649. The fraction of sp³-hybridized carbons (Fsp3) is 0.200. The molecule has 0 aliphatic carbocycles. The first kappa shape index (κ1) is 15.4. The molecule has 0 fully saturated rings. The molecule has 0 bridgehead atoms. The van der Waals surface area contributed by atoms with E-state index in [0.29, 0.717) is 12.2 Å². The number of carbonyl (C=O) groups is 1. The maximum Gasteiger partial charge on any atom is 0.258 e. The van der Waals surface area contributed by atoms with Crippen molar-refractivity contribution in [2.45, 2.75) is 13.3 Å². The number of amides is 1. The molecule has 1 amide bonds. The summed E-state index contributed by atoms with van der Waals surface area (Å²) in [4.78, 5) is 16.1. The van der Waals surface area contributed by atoms with E-state index in [1.54, 1.807) is 18.2 Å². The van der Waals surface area contributed by atoms with Crippen LogP contribution in [0.2, 0.25) is 0 Å². The number of nitrogens with one attached hydrogen (secondary N) is 2. The smallest absolute Gasteiger partial charge is 0.258 e. The second kappa shape index (κ2) is 7.17. The standard InChI is InChI=1S/C15H15BrFN3O/c1-2-8-18-14-13(17)10(7-9-19-14)15(21)20-12-6-4-3-5-11(12)16/h3-7,9H,2,8H2,1H3,(H,18,19)(H,20,21). The molecule has 1 heterocycles. The highest BCUT2D eigenvalue weighted by Crippen LogP contribution is 2.23. The van der Waals surface area contributed by atoms with E-state index >= 15 is 0 Å². The Morgan fingerprint density at radius 3 is 2.81 bits per heavy atom. The molecule has 0 saturated carbocycles. The lowest BCUT2D eigenvalue weighted by Crippen LogP contribution is -2.16. The first-order valence-electron chi connectivity index (χ1n) is 6.57. The second-order valence-corrected chi connectivity index (χ2v) is 5.24. The molecule has 1 aromatic carbocycles. The van der Waals surface area contributed by atoms with E-state index in [4.69, 9.17) is 0 Å². The van der Waals surface area contributed by atoms with Crippen molar-refractivity contribution in [2.24, 2.45) is 0 Å². The molecule has 0 radical (unpaired) electrons. The van der Waals surface area contributed by atoms with Crippen LogP contribution in [0.3, 0.4) is 0 Å². The van der Waals surface area contributed by atoms with Gasteiger partial charge in [-0.05, 0) is 40.5 Å². The van der Waals surface area contributed by atoms with Gasteiger partial charge in [-0.3, -0.25) is 4.79 Å². The minimum Gasteiger partial charge on any atom is -0.368 e. The highest BCUT2D eigenvalue weighted by atomic mass is 79.9. The van der Waals surface area contributed by atoms with Crippen LogP contribution in [0, 0.1) is 5.82 Å². The summed E-state index contributed by atoms with van der Waals surface area (Å²) in [5.74, 6) is -1.06. The van der Waals surface area contributed by atoms with Gasteiger partial charge in [-0.2, -0.15) is 0 Å². The molecule has 0 unspecified atom stereocenters. The third-order valence-electron chi connectivity index (χ3n) is 2.80. The van der Waals surface area contributed by atoms with Crippen LogP contribution in [0.5, 0.6) is 0 Å². The van der Waals surface area contributed by atoms with Crippen LogP contribution in [-0.4, -0.2) is 17.4 Å². The molecule has 21 heavy (non-hydrogen) atoms. The third kappa shape index (κ3) is 3.78. The average Bonchev–Trinajstić information content (AvgIpc) is 2.48.